The molecule has 18 heavy (non-hydrogen) atoms. The van der Waals surface area contributed by atoms with Crippen molar-refractivity contribution in [3.05, 3.63) is 41.4 Å². The molecule has 1 aromatic carbocycles. The van der Waals surface area contributed by atoms with E-state index in [1.807, 2.05) is 51.1 Å². The van der Waals surface area contributed by atoms with Gasteiger partial charge in [-0.2, -0.15) is 0 Å². The molecule has 4 heteroatoms. The molecule has 94 valence electrons. The second kappa shape index (κ2) is 4.90. The summed E-state index contributed by atoms with van der Waals surface area (Å²) in [6, 6.07) is 9.87. The quantitative estimate of drug-likeness (QED) is 0.899. The molecule has 0 aliphatic rings. The van der Waals surface area contributed by atoms with Crippen molar-refractivity contribution in [2.24, 2.45) is 0 Å². The molecule has 1 aromatic heterocycles. The molecule has 0 bridgehead atoms. The molecular weight excluding hydrogens is 244 g/mol. The minimum absolute atomic E-state index is 0.124. The first-order chi connectivity index (χ1) is 8.46. The van der Waals surface area contributed by atoms with Crippen molar-refractivity contribution >= 4 is 17.2 Å². The van der Waals surface area contributed by atoms with E-state index >= 15 is 0 Å². The minimum Gasteiger partial charge on any atom is -0.346 e. The molecule has 0 fully saturated rings. The lowest BCUT2D eigenvalue weighted by Crippen LogP contribution is -2.40. The minimum atomic E-state index is -0.242. The number of hydrogen-bond donors (Lipinski definition) is 1. The van der Waals surface area contributed by atoms with Crippen LogP contribution < -0.4 is 5.32 Å². The molecule has 0 saturated carbocycles. The van der Waals surface area contributed by atoms with Crippen LogP contribution in [0.25, 0.3) is 10.6 Å². The summed E-state index contributed by atoms with van der Waals surface area (Å²) >= 11 is 1.49. The Kier molecular flexibility index (Phi) is 3.48. The van der Waals surface area contributed by atoms with Crippen LogP contribution in [0, 0.1) is 0 Å². The fourth-order valence-electron chi connectivity index (χ4n) is 1.50. The van der Waals surface area contributed by atoms with E-state index in [4.69, 9.17) is 0 Å². The van der Waals surface area contributed by atoms with Gasteiger partial charge in [0.25, 0.3) is 5.91 Å². The molecule has 0 radical (unpaired) electrons. The lowest BCUT2D eigenvalue weighted by molar-refractivity contribution is 0.0915. The second-order valence-corrected chi connectivity index (χ2v) is 5.97. The zero-order valence-corrected chi connectivity index (χ0v) is 11.5. The van der Waals surface area contributed by atoms with E-state index < -0.39 is 0 Å². The molecule has 0 unspecified atom stereocenters. The molecule has 1 amide bonds. The van der Waals surface area contributed by atoms with Crippen LogP contribution in [-0.4, -0.2) is 16.4 Å². The highest BCUT2D eigenvalue weighted by Gasteiger charge is 2.17. The average molecular weight is 260 g/mol. The van der Waals surface area contributed by atoms with E-state index in [-0.39, 0.29) is 11.4 Å². The Labute approximate surface area is 111 Å². The van der Waals surface area contributed by atoms with Crippen LogP contribution in [0.5, 0.6) is 0 Å². The van der Waals surface area contributed by atoms with Crippen molar-refractivity contribution in [3.8, 4) is 10.6 Å². The van der Waals surface area contributed by atoms with Gasteiger partial charge in [-0.25, -0.2) is 4.98 Å². The zero-order valence-electron chi connectivity index (χ0n) is 10.7. The largest absolute Gasteiger partial charge is 0.346 e. The van der Waals surface area contributed by atoms with Crippen LogP contribution >= 0.6 is 11.3 Å². The smallest absolute Gasteiger partial charge is 0.271 e. The van der Waals surface area contributed by atoms with Crippen molar-refractivity contribution in [2.75, 3.05) is 0 Å². The fraction of sp³-hybridized carbons (Fsp3) is 0.286. The molecule has 2 aromatic rings. The lowest BCUT2D eigenvalue weighted by Gasteiger charge is -2.19. The van der Waals surface area contributed by atoms with E-state index in [0.717, 1.165) is 10.6 Å². The van der Waals surface area contributed by atoms with Gasteiger partial charge in [0.2, 0.25) is 0 Å². The predicted molar refractivity (Wildman–Crippen MR) is 74.8 cm³/mol. The third kappa shape index (κ3) is 3.17. The number of nitrogens with one attached hydrogen (secondary N) is 1. The van der Waals surface area contributed by atoms with Crippen molar-refractivity contribution in [1.29, 1.82) is 0 Å². The van der Waals surface area contributed by atoms with Crippen LogP contribution in [0.1, 0.15) is 31.3 Å². The Hall–Kier alpha value is -1.68. The maximum atomic E-state index is 11.9. The first-order valence-corrected chi connectivity index (χ1v) is 6.67. The second-order valence-electron chi connectivity index (χ2n) is 5.11. The maximum Gasteiger partial charge on any atom is 0.271 e. The van der Waals surface area contributed by atoms with Gasteiger partial charge in [-0.05, 0) is 20.8 Å². The van der Waals surface area contributed by atoms with Gasteiger partial charge in [0.15, 0.2) is 0 Å². The molecule has 0 atom stereocenters. The summed E-state index contributed by atoms with van der Waals surface area (Å²) in [5.41, 5.74) is 1.28. The highest BCUT2D eigenvalue weighted by atomic mass is 32.1. The van der Waals surface area contributed by atoms with Gasteiger partial charge in [0.1, 0.15) is 10.7 Å². The number of amides is 1. The van der Waals surface area contributed by atoms with Crippen molar-refractivity contribution in [2.45, 2.75) is 26.3 Å². The third-order valence-electron chi connectivity index (χ3n) is 2.25. The summed E-state index contributed by atoms with van der Waals surface area (Å²) in [7, 11) is 0. The number of rotatable bonds is 2. The fourth-order valence-corrected chi connectivity index (χ4v) is 2.30. The molecule has 1 heterocycles. The lowest BCUT2D eigenvalue weighted by atomic mass is 10.1. The summed E-state index contributed by atoms with van der Waals surface area (Å²) in [6.07, 6.45) is 0. The molecule has 0 spiro atoms. The van der Waals surface area contributed by atoms with Crippen molar-refractivity contribution in [1.82, 2.24) is 10.3 Å². The first-order valence-electron chi connectivity index (χ1n) is 5.79. The topological polar surface area (TPSA) is 42.0 Å². The monoisotopic (exact) mass is 260 g/mol. The SMILES string of the molecule is CC(C)(C)NC(=O)c1csc(-c2ccccc2)n1. The van der Waals surface area contributed by atoms with Crippen LogP contribution in [0.15, 0.2) is 35.7 Å². The zero-order chi connectivity index (χ0) is 13.2. The standard InChI is InChI=1S/C14H16N2OS/c1-14(2,3)16-12(17)11-9-18-13(15-11)10-7-5-4-6-8-10/h4-9H,1-3H3,(H,16,17). The Balaban J connectivity index is 2.19. The number of benzene rings is 1. The normalized spacial score (nSPS) is 11.3. The number of carbonyl (C=O) groups is 1. The van der Waals surface area contributed by atoms with E-state index in [9.17, 15) is 4.79 Å². The Morgan fingerprint density at radius 3 is 2.50 bits per heavy atom. The highest BCUT2D eigenvalue weighted by Crippen LogP contribution is 2.23. The summed E-state index contributed by atoms with van der Waals surface area (Å²) < 4.78 is 0. The van der Waals surface area contributed by atoms with Crippen LogP contribution in [0.2, 0.25) is 0 Å². The molecule has 0 aliphatic carbocycles. The van der Waals surface area contributed by atoms with Crippen LogP contribution in [0.3, 0.4) is 0 Å². The Morgan fingerprint density at radius 1 is 1.22 bits per heavy atom. The van der Waals surface area contributed by atoms with Gasteiger partial charge in [-0.1, -0.05) is 30.3 Å². The van der Waals surface area contributed by atoms with E-state index in [1.165, 1.54) is 11.3 Å². The molecule has 2 rings (SSSR count). The number of carbonyl (C=O) groups excluding carboxylic acids is 1. The molecule has 1 N–H and O–H groups in total. The highest BCUT2D eigenvalue weighted by molar-refractivity contribution is 7.13. The molecule has 0 saturated heterocycles. The van der Waals surface area contributed by atoms with Gasteiger partial charge in [-0.15, -0.1) is 11.3 Å². The molecule has 0 aliphatic heterocycles. The van der Waals surface area contributed by atoms with E-state index in [0.29, 0.717) is 5.69 Å². The number of hydrogen-bond acceptors (Lipinski definition) is 3. The Bertz CT molecular complexity index is 540. The van der Waals surface area contributed by atoms with Crippen molar-refractivity contribution in [3.63, 3.8) is 0 Å². The van der Waals surface area contributed by atoms with Gasteiger partial charge >= 0.3 is 0 Å². The van der Waals surface area contributed by atoms with E-state index in [2.05, 4.69) is 10.3 Å². The van der Waals surface area contributed by atoms with Crippen molar-refractivity contribution < 1.29 is 4.79 Å². The van der Waals surface area contributed by atoms with Crippen LogP contribution in [-0.2, 0) is 0 Å². The van der Waals surface area contributed by atoms with Crippen LogP contribution in [0.4, 0.5) is 0 Å². The summed E-state index contributed by atoms with van der Waals surface area (Å²) in [5, 5.41) is 5.57. The Morgan fingerprint density at radius 2 is 1.89 bits per heavy atom. The first kappa shape index (κ1) is 12.8. The van der Waals surface area contributed by atoms with Gasteiger partial charge in [0.05, 0.1) is 0 Å². The summed E-state index contributed by atoms with van der Waals surface area (Å²) in [4.78, 5) is 16.3. The average Bonchev–Trinajstić information content (AvgIpc) is 2.77. The predicted octanol–water partition coefficient (Wildman–Crippen LogP) is 3.34. The maximum absolute atomic E-state index is 11.9. The molecule has 3 nitrogen and oxygen atoms in total. The number of nitrogens with zero attached hydrogens (tertiary/aromatic N) is 1. The third-order valence-corrected chi connectivity index (χ3v) is 3.14. The summed E-state index contributed by atoms with van der Waals surface area (Å²) in [5.74, 6) is -0.124. The van der Waals surface area contributed by atoms with Gasteiger partial charge in [-0.3, -0.25) is 4.79 Å². The summed E-state index contributed by atoms with van der Waals surface area (Å²) in [6.45, 7) is 5.86. The van der Waals surface area contributed by atoms with Gasteiger partial charge < -0.3 is 5.32 Å². The number of aromatic nitrogens is 1. The number of thiazole rings is 1. The molecular formula is C14H16N2OS. The van der Waals surface area contributed by atoms with Gasteiger partial charge in [0, 0.05) is 16.5 Å². The van der Waals surface area contributed by atoms with E-state index in [1.54, 1.807) is 5.38 Å².